The molecule has 2 N–H and O–H groups in total. The van der Waals surface area contributed by atoms with Crippen LogP contribution in [-0.4, -0.2) is 17.7 Å². The number of hydrogen-bond donors (Lipinski definition) is 1. The Kier molecular flexibility index (Phi) is 3.23. The first-order valence-corrected chi connectivity index (χ1v) is 6.40. The van der Waals surface area contributed by atoms with Crippen LogP contribution in [0.1, 0.15) is 12.0 Å². The van der Waals surface area contributed by atoms with E-state index in [1.165, 1.54) is 0 Å². The molecule has 0 saturated heterocycles. The summed E-state index contributed by atoms with van der Waals surface area (Å²) in [5.74, 6) is 1.64. The summed E-state index contributed by atoms with van der Waals surface area (Å²) >= 11 is 0. The van der Waals surface area contributed by atoms with Gasteiger partial charge in [0, 0.05) is 6.20 Å². The van der Waals surface area contributed by atoms with E-state index in [2.05, 4.69) is 4.98 Å². The predicted octanol–water partition coefficient (Wildman–Crippen LogP) is 2.44. The summed E-state index contributed by atoms with van der Waals surface area (Å²) < 4.78 is 11.6. The molecule has 0 aliphatic carbocycles. The Morgan fingerprint density at radius 3 is 2.89 bits per heavy atom. The summed E-state index contributed by atoms with van der Waals surface area (Å²) in [7, 11) is 0. The van der Waals surface area contributed by atoms with E-state index in [9.17, 15) is 0 Å². The van der Waals surface area contributed by atoms with Crippen LogP contribution in [0.4, 0.5) is 5.69 Å². The second-order valence-corrected chi connectivity index (χ2v) is 4.61. The van der Waals surface area contributed by atoms with Gasteiger partial charge in [-0.1, -0.05) is 12.1 Å². The van der Waals surface area contributed by atoms with Gasteiger partial charge in [0.25, 0.3) is 0 Å². The molecular formula is C15H16N2O2. The Bertz CT molecular complexity index is 572. The smallest absolute Gasteiger partial charge is 0.161 e. The van der Waals surface area contributed by atoms with Crippen molar-refractivity contribution in [2.75, 3.05) is 12.3 Å². The highest BCUT2D eigenvalue weighted by atomic mass is 16.6. The van der Waals surface area contributed by atoms with E-state index in [0.717, 1.165) is 35.6 Å². The van der Waals surface area contributed by atoms with Gasteiger partial charge in [0.15, 0.2) is 11.5 Å². The highest BCUT2D eigenvalue weighted by molar-refractivity contribution is 5.44. The van der Waals surface area contributed by atoms with E-state index >= 15 is 0 Å². The van der Waals surface area contributed by atoms with Crippen molar-refractivity contribution in [3.63, 3.8) is 0 Å². The summed E-state index contributed by atoms with van der Waals surface area (Å²) in [5.41, 5.74) is 7.72. The zero-order chi connectivity index (χ0) is 13.1. The third kappa shape index (κ3) is 2.62. The normalized spacial score (nSPS) is 17.2. The Balaban J connectivity index is 1.62. The number of pyridine rings is 1. The van der Waals surface area contributed by atoms with Crippen LogP contribution >= 0.6 is 0 Å². The fourth-order valence-corrected chi connectivity index (χ4v) is 2.18. The molecule has 0 saturated carbocycles. The standard InChI is InChI=1S/C15H16N2O2/c16-13-9-17-8-7-11(13)5-6-12-10-18-14-3-1-2-4-15(14)19-12/h1-4,7-9,12H,5-6,10,16H2. The quantitative estimate of drug-likeness (QED) is 0.916. The third-order valence-electron chi connectivity index (χ3n) is 3.25. The molecule has 0 fully saturated rings. The van der Waals surface area contributed by atoms with E-state index in [4.69, 9.17) is 15.2 Å². The molecule has 4 heteroatoms. The number of benzene rings is 1. The molecule has 19 heavy (non-hydrogen) atoms. The molecular weight excluding hydrogens is 240 g/mol. The number of hydrogen-bond acceptors (Lipinski definition) is 4. The van der Waals surface area contributed by atoms with Crippen LogP contribution in [0.5, 0.6) is 11.5 Å². The van der Waals surface area contributed by atoms with Crippen molar-refractivity contribution in [3.05, 3.63) is 48.3 Å². The molecule has 4 nitrogen and oxygen atoms in total. The first-order valence-electron chi connectivity index (χ1n) is 6.40. The maximum atomic E-state index is 5.91. The largest absolute Gasteiger partial charge is 0.486 e. The molecule has 0 radical (unpaired) electrons. The van der Waals surface area contributed by atoms with Gasteiger partial charge >= 0.3 is 0 Å². The second kappa shape index (κ2) is 5.18. The number of aryl methyl sites for hydroxylation is 1. The van der Waals surface area contributed by atoms with Gasteiger partial charge in [-0.3, -0.25) is 4.98 Å². The summed E-state index contributed by atoms with van der Waals surface area (Å²) in [6.07, 6.45) is 5.26. The molecule has 1 aliphatic rings. The predicted molar refractivity (Wildman–Crippen MR) is 73.3 cm³/mol. The molecule has 98 valence electrons. The lowest BCUT2D eigenvalue weighted by molar-refractivity contribution is 0.0851. The van der Waals surface area contributed by atoms with Gasteiger partial charge in [0.1, 0.15) is 12.7 Å². The molecule has 1 aliphatic heterocycles. The van der Waals surface area contributed by atoms with E-state index in [1.807, 2.05) is 30.3 Å². The Morgan fingerprint density at radius 1 is 1.21 bits per heavy atom. The van der Waals surface area contributed by atoms with Gasteiger partial charge < -0.3 is 15.2 Å². The van der Waals surface area contributed by atoms with E-state index in [-0.39, 0.29) is 6.10 Å². The molecule has 1 aromatic carbocycles. The Hall–Kier alpha value is -2.23. The van der Waals surface area contributed by atoms with Crippen molar-refractivity contribution in [1.82, 2.24) is 4.98 Å². The maximum Gasteiger partial charge on any atom is 0.161 e. The molecule has 2 heterocycles. The summed E-state index contributed by atoms with van der Waals surface area (Å²) in [6.45, 7) is 0.585. The van der Waals surface area contributed by atoms with Crippen LogP contribution in [0.25, 0.3) is 0 Å². The molecule has 1 atom stereocenters. The lowest BCUT2D eigenvalue weighted by Crippen LogP contribution is -2.29. The monoisotopic (exact) mass is 256 g/mol. The van der Waals surface area contributed by atoms with Crippen LogP contribution in [0.15, 0.2) is 42.7 Å². The molecule has 1 aromatic heterocycles. The van der Waals surface area contributed by atoms with Crippen molar-refractivity contribution < 1.29 is 9.47 Å². The highest BCUT2D eigenvalue weighted by Crippen LogP contribution is 2.31. The zero-order valence-corrected chi connectivity index (χ0v) is 10.6. The van der Waals surface area contributed by atoms with Crippen LogP contribution < -0.4 is 15.2 Å². The number of aromatic nitrogens is 1. The number of nitrogens with zero attached hydrogens (tertiary/aromatic N) is 1. The van der Waals surface area contributed by atoms with Gasteiger partial charge in [-0.25, -0.2) is 0 Å². The number of ether oxygens (including phenoxy) is 2. The summed E-state index contributed by atoms with van der Waals surface area (Å²) in [6, 6.07) is 9.70. The number of anilines is 1. The van der Waals surface area contributed by atoms with Crippen LogP contribution in [0.3, 0.4) is 0 Å². The van der Waals surface area contributed by atoms with Crippen molar-refractivity contribution in [2.24, 2.45) is 0 Å². The van der Waals surface area contributed by atoms with Crippen molar-refractivity contribution in [2.45, 2.75) is 18.9 Å². The highest BCUT2D eigenvalue weighted by Gasteiger charge is 2.20. The lowest BCUT2D eigenvalue weighted by Gasteiger charge is -2.26. The third-order valence-corrected chi connectivity index (χ3v) is 3.25. The number of nitrogens with two attached hydrogens (primary N) is 1. The fourth-order valence-electron chi connectivity index (χ4n) is 2.18. The average molecular weight is 256 g/mol. The first-order chi connectivity index (χ1) is 9.33. The van der Waals surface area contributed by atoms with Crippen LogP contribution in [-0.2, 0) is 6.42 Å². The minimum atomic E-state index is 0.0717. The van der Waals surface area contributed by atoms with Gasteiger partial charge in [-0.15, -0.1) is 0 Å². The van der Waals surface area contributed by atoms with Crippen LogP contribution in [0.2, 0.25) is 0 Å². The summed E-state index contributed by atoms with van der Waals surface area (Å²) in [4.78, 5) is 3.99. The van der Waals surface area contributed by atoms with Gasteiger partial charge in [-0.2, -0.15) is 0 Å². The topological polar surface area (TPSA) is 57.4 Å². The van der Waals surface area contributed by atoms with E-state index in [1.54, 1.807) is 12.4 Å². The van der Waals surface area contributed by atoms with Crippen LogP contribution in [0, 0.1) is 0 Å². The van der Waals surface area contributed by atoms with E-state index < -0.39 is 0 Å². The molecule has 3 rings (SSSR count). The van der Waals surface area contributed by atoms with Crippen molar-refractivity contribution in [3.8, 4) is 11.5 Å². The number of rotatable bonds is 3. The maximum absolute atomic E-state index is 5.91. The minimum absolute atomic E-state index is 0.0717. The first kappa shape index (κ1) is 11.8. The van der Waals surface area contributed by atoms with Gasteiger partial charge in [-0.05, 0) is 36.6 Å². The van der Waals surface area contributed by atoms with Crippen molar-refractivity contribution >= 4 is 5.69 Å². The lowest BCUT2D eigenvalue weighted by atomic mass is 10.1. The number of nitrogen functional groups attached to an aromatic ring is 1. The second-order valence-electron chi connectivity index (χ2n) is 4.61. The molecule has 2 aromatic rings. The molecule has 1 unspecified atom stereocenters. The zero-order valence-electron chi connectivity index (χ0n) is 10.6. The SMILES string of the molecule is Nc1cnccc1CCC1COc2ccccc2O1. The summed E-state index contributed by atoms with van der Waals surface area (Å²) in [5, 5.41) is 0. The fraction of sp³-hybridized carbons (Fsp3) is 0.267. The molecule has 0 bridgehead atoms. The average Bonchev–Trinajstić information content (AvgIpc) is 2.46. The van der Waals surface area contributed by atoms with E-state index in [0.29, 0.717) is 6.61 Å². The minimum Gasteiger partial charge on any atom is -0.486 e. The number of fused-ring (bicyclic) bond motifs is 1. The van der Waals surface area contributed by atoms with Crippen molar-refractivity contribution in [1.29, 1.82) is 0 Å². The number of para-hydroxylation sites is 2. The van der Waals surface area contributed by atoms with Gasteiger partial charge in [0.05, 0.1) is 11.9 Å². The molecule has 0 spiro atoms. The van der Waals surface area contributed by atoms with Gasteiger partial charge in [0.2, 0.25) is 0 Å². The Morgan fingerprint density at radius 2 is 2.05 bits per heavy atom. The Labute approximate surface area is 112 Å². The molecule has 0 amide bonds.